The molecule has 0 unspecified atom stereocenters. The van der Waals surface area contributed by atoms with Crippen molar-refractivity contribution in [1.29, 1.82) is 0 Å². The van der Waals surface area contributed by atoms with Gasteiger partial charge in [-0.3, -0.25) is 4.79 Å². The zero-order valence-corrected chi connectivity index (χ0v) is 52.5. The molecule has 476 valence electrons. The molecule has 2 aromatic heterocycles. The van der Waals surface area contributed by atoms with Crippen LogP contribution in [0, 0.1) is 23.7 Å². The summed E-state index contributed by atoms with van der Waals surface area (Å²) in [6.07, 6.45) is -4.65. The summed E-state index contributed by atoms with van der Waals surface area (Å²) in [6, 6.07) is 5.41. The van der Waals surface area contributed by atoms with E-state index >= 15 is 4.39 Å². The summed E-state index contributed by atoms with van der Waals surface area (Å²) in [4.78, 5) is 18.5. The summed E-state index contributed by atoms with van der Waals surface area (Å²) in [5, 5.41) is 77.5. The van der Waals surface area contributed by atoms with Gasteiger partial charge in [0, 0.05) is 64.3 Å². The number of carbonyl (C=O) groups excluding carboxylic acids is 1. The molecule has 1 aromatic carbocycles. The van der Waals surface area contributed by atoms with E-state index in [1.54, 1.807) is 59.3 Å². The lowest BCUT2D eigenvalue weighted by Gasteiger charge is -2.49. The minimum Gasteiger partial charge on any atom is -0.459 e. The number of aliphatic hydroxyl groups excluding tert-OH is 3. The van der Waals surface area contributed by atoms with Gasteiger partial charge in [-0.25, -0.2) is 22.2 Å². The Balaban J connectivity index is 1.08. The smallest absolute Gasteiger partial charge is 0.311 e. The molecule has 0 saturated carbocycles. The topological polar surface area (TPSA) is 285 Å². The Bertz CT molecular complexity index is 2670. The molecule has 25 heteroatoms. The lowest BCUT2D eigenvalue weighted by atomic mass is 9.77. The fourth-order valence-electron chi connectivity index (χ4n) is 13.3. The molecule has 0 bridgehead atoms. The lowest BCUT2D eigenvalue weighted by molar-refractivity contribution is -0.318. The van der Waals surface area contributed by atoms with Gasteiger partial charge in [-0.15, -0.1) is 10.2 Å². The maximum Gasteiger partial charge on any atom is 0.311 e. The molecule has 84 heavy (non-hydrogen) atoms. The van der Waals surface area contributed by atoms with Crippen LogP contribution in [-0.4, -0.2) is 230 Å². The van der Waals surface area contributed by atoms with E-state index in [0.717, 1.165) is 11.4 Å². The Hall–Kier alpha value is -3.67. The van der Waals surface area contributed by atoms with Crippen LogP contribution in [0.4, 0.5) is 4.39 Å². The number of sulfone groups is 1. The van der Waals surface area contributed by atoms with Crippen molar-refractivity contribution in [2.45, 2.75) is 223 Å². The summed E-state index contributed by atoms with van der Waals surface area (Å²) in [6.45, 7) is 17.3. The monoisotopic (exact) mass is 1210 g/mol. The van der Waals surface area contributed by atoms with Crippen LogP contribution in [0.15, 0.2) is 36.7 Å². The zero-order chi connectivity index (χ0) is 61.8. The summed E-state index contributed by atoms with van der Waals surface area (Å²) in [5.41, 5.74) is -1.83. The van der Waals surface area contributed by atoms with Crippen molar-refractivity contribution in [2.75, 3.05) is 59.6 Å². The first-order chi connectivity index (χ1) is 39.5. The van der Waals surface area contributed by atoms with Crippen molar-refractivity contribution in [2.24, 2.45) is 23.7 Å². The van der Waals surface area contributed by atoms with Crippen LogP contribution in [0.1, 0.15) is 137 Å². The minimum absolute atomic E-state index is 0.0721. The van der Waals surface area contributed by atoms with Crippen LogP contribution in [0.2, 0.25) is 0 Å². The Morgan fingerprint density at radius 1 is 0.905 bits per heavy atom. The number of hydrogen-bond donors (Lipinski definition) is 5. The van der Waals surface area contributed by atoms with Gasteiger partial charge in [-0.1, -0.05) is 43.3 Å². The quantitative estimate of drug-likeness (QED) is 0.113. The molecule has 20 atom stereocenters. The van der Waals surface area contributed by atoms with Gasteiger partial charge < -0.3 is 68.5 Å². The number of likely N-dealkylation sites (N-methyl/N-ethyl adjacent to an activating group) is 2. The molecule has 4 fully saturated rings. The largest absolute Gasteiger partial charge is 0.459 e. The first-order valence-corrected chi connectivity index (χ1v) is 31.8. The average Bonchev–Trinajstić information content (AvgIpc) is 3.37. The van der Waals surface area contributed by atoms with Crippen LogP contribution >= 0.6 is 0 Å². The zero-order valence-electron chi connectivity index (χ0n) is 51.7. The third-order valence-corrected chi connectivity index (χ3v) is 20.4. The molecule has 0 radical (unpaired) electrons. The lowest BCUT2D eigenvalue weighted by Crippen LogP contribution is -2.61. The molecule has 4 aliphatic rings. The number of benzene rings is 1. The highest BCUT2D eigenvalue weighted by Crippen LogP contribution is 2.41. The third kappa shape index (κ3) is 15.8. The van der Waals surface area contributed by atoms with Crippen molar-refractivity contribution in [3.05, 3.63) is 53.6 Å². The van der Waals surface area contributed by atoms with E-state index in [4.69, 9.17) is 33.2 Å². The summed E-state index contributed by atoms with van der Waals surface area (Å²) in [5.74, 6) is -2.32. The molecule has 0 spiro atoms. The minimum atomic E-state index is -2.96. The Morgan fingerprint density at radius 3 is 2.20 bits per heavy atom. The number of ether oxygens (including phenoxy) is 7. The van der Waals surface area contributed by atoms with Gasteiger partial charge >= 0.3 is 5.97 Å². The second kappa shape index (κ2) is 28.2. The van der Waals surface area contributed by atoms with E-state index in [1.807, 2.05) is 68.2 Å². The normalized spacial score (nSPS) is 38.0. The molecular weight excluding hydrogens is 1110 g/mol. The Kier molecular flexibility index (Phi) is 22.8. The van der Waals surface area contributed by atoms with Crippen molar-refractivity contribution in [3.63, 3.8) is 0 Å². The number of aliphatic hydroxyl groups is 5. The number of alkyl halides is 1. The van der Waals surface area contributed by atoms with Gasteiger partial charge in [0.15, 0.2) is 12.6 Å². The number of cyclic esters (lactones) is 1. The van der Waals surface area contributed by atoms with Crippen LogP contribution in [-0.2, 0) is 60.6 Å². The van der Waals surface area contributed by atoms with E-state index < -0.39 is 137 Å². The van der Waals surface area contributed by atoms with E-state index in [0.29, 0.717) is 56.5 Å². The molecule has 7 rings (SSSR count). The van der Waals surface area contributed by atoms with E-state index in [9.17, 15) is 38.7 Å². The van der Waals surface area contributed by atoms with E-state index in [-0.39, 0.29) is 42.6 Å². The van der Waals surface area contributed by atoms with Crippen LogP contribution in [0.5, 0.6) is 0 Å². The molecule has 5 N–H and O–H groups in total. The second-order valence-corrected chi connectivity index (χ2v) is 27.8. The SMILES string of the molecule is CC[C@H]1OC(=O)[C@H](C)[C@@H](O[C@H]2C[C@@](C)(OC)[C@@H](O)[C@H](C)O2)[C@H](C)[C@@H](O[C@@H]2O[C@H](C)C[C@H](N(C)CCc3cn([C@H](CF)[C@H](OC)c4ccc(-n5cc(CC6CCS(=O)(=O)CC6)nn5)cc4)nn3)[C@H]2O)[C@](C)(O)C[C@@H](C)CN(C)[C@H](C)[C@@H](O)[C@]1(C)O. The predicted molar refractivity (Wildman–Crippen MR) is 308 cm³/mol. The highest BCUT2D eigenvalue weighted by molar-refractivity contribution is 7.91. The molecule has 4 saturated heterocycles. The maximum absolute atomic E-state index is 15.1. The first kappa shape index (κ1) is 67.8. The second-order valence-electron chi connectivity index (χ2n) is 25.5. The van der Waals surface area contributed by atoms with Gasteiger partial charge in [0.05, 0.1) is 76.3 Å². The fourth-order valence-corrected chi connectivity index (χ4v) is 14.9. The summed E-state index contributed by atoms with van der Waals surface area (Å²) >= 11 is 0. The Labute approximate surface area is 495 Å². The third-order valence-electron chi connectivity index (χ3n) is 18.7. The maximum atomic E-state index is 15.1. The van der Waals surface area contributed by atoms with Gasteiger partial charge in [-0.2, -0.15) is 0 Å². The predicted octanol–water partition coefficient (Wildman–Crippen LogP) is 3.95. The van der Waals surface area contributed by atoms with Crippen LogP contribution in [0.3, 0.4) is 0 Å². The Morgan fingerprint density at radius 2 is 1.57 bits per heavy atom. The number of hydrogen-bond acceptors (Lipinski definition) is 21. The van der Waals surface area contributed by atoms with Crippen molar-refractivity contribution >= 4 is 15.8 Å². The molecule has 6 heterocycles. The van der Waals surface area contributed by atoms with Crippen molar-refractivity contribution < 1.29 is 76.3 Å². The van der Waals surface area contributed by atoms with Crippen LogP contribution in [0.25, 0.3) is 5.69 Å². The van der Waals surface area contributed by atoms with Crippen LogP contribution < -0.4 is 0 Å². The van der Waals surface area contributed by atoms with Gasteiger partial charge in [0.25, 0.3) is 0 Å². The first-order valence-electron chi connectivity index (χ1n) is 29.9. The molecule has 0 aliphatic carbocycles. The number of aromatic nitrogens is 6. The number of halogens is 1. The number of carbonyl (C=O) groups is 1. The van der Waals surface area contributed by atoms with Crippen molar-refractivity contribution in [1.82, 2.24) is 39.8 Å². The number of nitrogens with zero attached hydrogens (tertiary/aromatic N) is 8. The number of esters is 1. The highest BCUT2D eigenvalue weighted by atomic mass is 32.2. The molecule has 23 nitrogen and oxygen atoms in total. The molecule has 0 amide bonds. The molecule has 4 aliphatic heterocycles. The van der Waals surface area contributed by atoms with E-state index in [2.05, 4.69) is 20.6 Å². The summed E-state index contributed by atoms with van der Waals surface area (Å²) in [7, 11) is 3.74. The van der Waals surface area contributed by atoms with Gasteiger partial charge in [0.1, 0.15) is 58.7 Å². The van der Waals surface area contributed by atoms with Gasteiger partial charge in [0.2, 0.25) is 0 Å². The fraction of sp³-hybridized carbons (Fsp3) is 0.814. The van der Waals surface area contributed by atoms with E-state index in [1.165, 1.54) is 25.8 Å². The highest BCUT2D eigenvalue weighted by Gasteiger charge is 2.53. The molecule has 3 aromatic rings. The van der Waals surface area contributed by atoms with Crippen molar-refractivity contribution in [3.8, 4) is 5.69 Å². The standard InChI is InChI=1S/C59H97FN8O15S/c1-15-47-59(10,74)52(70)38(6)66(12)31-34(2)28-57(8,73)54(36(4)50(37(5)55(72)81-47)82-48-29-58(9,78-14)53(71)39(7)80-48)83-56-49(69)45(26-35(3)79-56)65(11)23-20-42-32-68(64-61-42)46(30-60)51(77-13)41-16-18-44(19-17-41)67-33-43(62-63-67)27-40-21-24-84(75,76)25-22-40/h16-19,32-40,45-54,56,69-71,73-74H,15,20-31H2,1-14H3/t34-,35-,36+,37-,38-,39+,45+,46-,47-,48+,49-,50+,51-,52-,53+,54-,56+,57-,58-,59-/m1/s1. The number of rotatable bonds is 18. The van der Waals surface area contributed by atoms with Gasteiger partial charge in [-0.05, 0) is 131 Å². The summed E-state index contributed by atoms with van der Waals surface area (Å²) < 4.78 is 86.4. The average molecular weight is 1210 g/mol. The number of methoxy groups -OCH3 is 2. The molecular formula is C59H97FN8O15S.